The fourth-order valence-electron chi connectivity index (χ4n) is 2.09. The number of rotatable bonds is 6. The molecule has 1 aromatic heterocycles. The van der Waals surface area contributed by atoms with Gasteiger partial charge >= 0.3 is 0 Å². The van der Waals surface area contributed by atoms with Gasteiger partial charge in [-0.1, -0.05) is 30.3 Å². The molecule has 0 bridgehead atoms. The highest BCUT2D eigenvalue weighted by atomic mass is 16.3. The second-order valence-corrected chi connectivity index (χ2v) is 5.22. The monoisotopic (exact) mass is 283 g/mol. The molecule has 3 heteroatoms. The van der Waals surface area contributed by atoms with Gasteiger partial charge in [0.05, 0.1) is 0 Å². The summed E-state index contributed by atoms with van der Waals surface area (Å²) in [6.45, 7) is 3.90. The highest BCUT2D eigenvalue weighted by molar-refractivity contribution is 5.91. The molecule has 1 heterocycles. The molecule has 0 spiro atoms. The van der Waals surface area contributed by atoms with E-state index in [1.807, 2.05) is 44.2 Å². The van der Waals surface area contributed by atoms with Gasteiger partial charge in [0.2, 0.25) is 5.91 Å². The fraction of sp³-hybridized carbons (Fsp3) is 0.278. The molecule has 0 aliphatic carbocycles. The number of hydrogen-bond acceptors (Lipinski definition) is 2. The van der Waals surface area contributed by atoms with Crippen molar-refractivity contribution in [2.75, 3.05) is 0 Å². The molecule has 0 saturated heterocycles. The molecule has 21 heavy (non-hydrogen) atoms. The minimum atomic E-state index is -0.0929. The van der Waals surface area contributed by atoms with Crippen molar-refractivity contribution in [1.29, 1.82) is 0 Å². The van der Waals surface area contributed by atoms with Gasteiger partial charge in [-0.2, -0.15) is 0 Å². The lowest BCUT2D eigenvalue weighted by atomic mass is 10.1. The Kier molecular flexibility index (Phi) is 5.38. The van der Waals surface area contributed by atoms with Crippen molar-refractivity contribution in [2.24, 2.45) is 0 Å². The summed E-state index contributed by atoms with van der Waals surface area (Å²) in [6.07, 6.45) is 5.08. The first-order valence-corrected chi connectivity index (χ1v) is 7.22. The van der Waals surface area contributed by atoms with E-state index >= 15 is 0 Å². The summed E-state index contributed by atoms with van der Waals surface area (Å²) < 4.78 is 5.38. The molecule has 110 valence electrons. The first-order chi connectivity index (χ1) is 10.1. The number of hydrogen-bond donors (Lipinski definition) is 1. The van der Waals surface area contributed by atoms with Crippen molar-refractivity contribution >= 4 is 12.0 Å². The molecule has 1 atom stereocenters. The first kappa shape index (κ1) is 15.1. The Morgan fingerprint density at radius 2 is 2.00 bits per heavy atom. The zero-order valence-corrected chi connectivity index (χ0v) is 12.5. The van der Waals surface area contributed by atoms with Gasteiger partial charge in [0, 0.05) is 12.1 Å². The van der Waals surface area contributed by atoms with Crippen molar-refractivity contribution in [3.8, 4) is 0 Å². The van der Waals surface area contributed by atoms with Crippen LogP contribution in [0, 0.1) is 6.92 Å². The summed E-state index contributed by atoms with van der Waals surface area (Å²) in [7, 11) is 0. The summed E-state index contributed by atoms with van der Waals surface area (Å²) in [6, 6.07) is 14.1. The number of carbonyl (C=O) groups excluding carboxylic acids is 1. The first-order valence-electron chi connectivity index (χ1n) is 7.22. The van der Waals surface area contributed by atoms with Crippen LogP contribution in [0.5, 0.6) is 0 Å². The Morgan fingerprint density at radius 1 is 1.24 bits per heavy atom. The van der Waals surface area contributed by atoms with E-state index in [0.717, 1.165) is 18.6 Å². The van der Waals surface area contributed by atoms with Crippen molar-refractivity contribution in [3.63, 3.8) is 0 Å². The molecule has 3 nitrogen and oxygen atoms in total. The Balaban J connectivity index is 1.75. The van der Waals surface area contributed by atoms with Gasteiger partial charge in [0.25, 0.3) is 0 Å². The second-order valence-electron chi connectivity index (χ2n) is 5.22. The molecular weight excluding hydrogens is 262 g/mol. The fourth-order valence-corrected chi connectivity index (χ4v) is 2.09. The Morgan fingerprint density at radius 3 is 2.67 bits per heavy atom. The van der Waals surface area contributed by atoms with Crippen molar-refractivity contribution in [1.82, 2.24) is 5.32 Å². The van der Waals surface area contributed by atoms with Crippen LogP contribution in [0.1, 0.15) is 30.4 Å². The van der Waals surface area contributed by atoms with Crippen LogP contribution in [-0.2, 0) is 11.2 Å². The maximum absolute atomic E-state index is 11.8. The van der Waals surface area contributed by atoms with Crippen LogP contribution in [0.15, 0.2) is 53.0 Å². The van der Waals surface area contributed by atoms with Gasteiger partial charge in [-0.05, 0) is 50.5 Å². The molecule has 1 unspecified atom stereocenters. The van der Waals surface area contributed by atoms with E-state index in [9.17, 15) is 4.79 Å². The van der Waals surface area contributed by atoms with Crippen molar-refractivity contribution < 1.29 is 9.21 Å². The zero-order chi connectivity index (χ0) is 15.1. The van der Waals surface area contributed by atoms with Crippen LogP contribution in [0.25, 0.3) is 6.08 Å². The van der Waals surface area contributed by atoms with Crippen LogP contribution < -0.4 is 5.32 Å². The molecule has 0 fully saturated rings. The van der Waals surface area contributed by atoms with E-state index < -0.39 is 0 Å². The molecule has 0 radical (unpaired) electrons. The Labute approximate surface area is 125 Å². The normalized spacial score (nSPS) is 12.5. The third-order valence-corrected chi connectivity index (χ3v) is 3.26. The molecule has 1 N–H and O–H groups in total. The third kappa shape index (κ3) is 5.30. The molecule has 2 aromatic rings. The molecule has 2 rings (SSSR count). The van der Waals surface area contributed by atoms with E-state index in [1.54, 1.807) is 6.08 Å². The molecule has 0 saturated carbocycles. The van der Waals surface area contributed by atoms with Gasteiger partial charge in [0.1, 0.15) is 11.5 Å². The molecular formula is C18H21NO2. The second kappa shape index (κ2) is 7.48. The number of nitrogens with one attached hydrogen (secondary N) is 1. The molecule has 0 aliphatic rings. The number of carbonyl (C=O) groups is 1. The molecule has 1 amide bonds. The van der Waals surface area contributed by atoms with E-state index in [1.165, 1.54) is 11.6 Å². The van der Waals surface area contributed by atoms with Crippen LogP contribution >= 0.6 is 0 Å². The summed E-state index contributed by atoms with van der Waals surface area (Å²) >= 11 is 0. The lowest BCUT2D eigenvalue weighted by Crippen LogP contribution is -2.31. The zero-order valence-electron chi connectivity index (χ0n) is 12.5. The Hall–Kier alpha value is -2.29. The molecule has 1 aromatic carbocycles. The minimum Gasteiger partial charge on any atom is -0.462 e. The number of amides is 1. The largest absolute Gasteiger partial charge is 0.462 e. The number of furan rings is 1. The smallest absolute Gasteiger partial charge is 0.244 e. The van der Waals surface area contributed by atoms with Crippen molar-refractivity contribution in [3.05, 3.63) is 65.6 Å². The van der Waals surface area contributed by atoms with E-state index in [4.69, 9.17) is 4.42 Å². The van der Waals surface area contributed by atoms with E-state index in [-0.39, 0.29) is 11.9 Å². The van der Waals surface area contributed by atoms with E-state index in [0.29, 0.717) is 5.76 Å². The predicted molar refractivity (Wildman–Crippen MR) is 84.8 cm³/mol. The van der Waals surface area contributed by atoms with Crippen LogP contribution in [0.2, 0.25) is 0 Å². The van der Waals surface area contributed by atoms with Gasteiger partial charge in [-0.25, -0.2) is 0 Å². The van der Waals surface area contributed by atoms with Crippen LogP contribution in [0.4, 0.5) is 0 Å². The molecule has 0 aliphatic heterocycles. The highest BCUT2D eigenvalue weighted by Crippen LogP contribution is 2.08. The lowest BCUT2D eigenvalue weighted by Gasteiger charge is -2.12. The average molecular weight is 283 g/mol. The highest BCUT2D eigenvalue weighted by Gasteiger charge is 2.05. The summed E-state index contributed by atoms with van der Waals surface area (Å²) in [4.78, 5) is 11.8. The topological polar surface area (TPSA) is 42.2 Å². The van der Waals surface area contributed by atoms with Crippen LogP contribution in [-0.4, -0.2) is 11.9 Å². The maximum atomic E-state index is 11.8. The summed E-state index contributed by atoms with van der Waals surface area (Å²) in [5.74, 6) is 1.44. The average Bonchev–Trinajstić information content (AvgIpc) is 2.90. The predicted octanol–water partition coefficient (Wildman–Crippen LogP) is 3.74. The maximum Gasteiger partial charge on any atom is 0.244 e. The van der Waals surface area contributed by atoms with E-state index in [2.05, 4.69) is 17.4 Å². The third-order valence-electron chi connectivity index (χ3n) is 3.26. The summed E-state index contributed by atoms with van der Waals surface area (Å²) in [5, 5.41) is 2.96. The van der Waals surface area contributed by atoms with Gasteiger partial charge in [-0.3, -0.25) is 4.79 Å². The van der Waals surface area contributed by atoms with Gasteiger partial charge in [0.15, 0.2) is 0 Å². The minimum absolute atomic E-state index is 0.0929. The lowest BCUT2D eigenvalue weighted by molar-refractivity contribution is -0.117. The van der Waals surface area contributed by atoms with Crippen LogP contribution in [0.3, 0.4) is 0 Å². The SMILES string of the molecule is Cc1ccc(/C=C/C(=O)NC(C)CCc2ccccc2)o1. The summed E-state index contributed by atoms with van der Waals surface area (Å²) in [5.41, 5.74) is 1.29. The number of benzene rings is 1. The standard InChI is InChI=1S/C18H21NO2/c1-14(8-10-16-6-4-3-5-7-16)19-18(20)13-12-17-11-9-15(2)21-17/h3-7,9,11-14H,8,10H2,1-2H3,(H,19,20)/b13-12+. The number of aryl methyl sites for hydroxylation is 2. The Bertz CT molecular complexity index is 599. The van der Waals surface area contributed by atoms with Gasteiger partial charge < -0.3 is 9.73 Å². The van der Waals surface area contributed by atoms with Crippen molar-refractivity contribution in [2.45, 2.75) is 32.7 Å². The quantitative estimate of drug-likeness (QED) is 0.821. The van der Waals surface area contributed by atoms with Gasteiger partial charge in [-0.15, -0.1) is 0 Å².